The fourth-order valence-electron chi connectivity index (χ4n) is 5.53. The molecule has 1 aromatic heterocycles. The molecule has 3 aliphatic rings. The molecule has 8 heteroatoms. The minimum atomic E-state index is -4.50. The van der Waals surface area contributed by atoms with Gasteiger partial charge in [0.2, 0.25) is 0 Å². The van der Waals surface area contributed by atoms with E-state index in [0.717, 1.165) is 42.9 Å². The van der Waals surface area contributed by atoms with Crippen LogP contribution in [0.4, 0.5) is 19.0 Å². The van der Waals surface area contributed by atoms with Gasteiger partial charge in [0, 0.05) is 29.8 Å². The Kier molecular flexibility index (Phi) is 4.65. The molecule has 1 aromatic carbocycles. The molecule has 30 heavy (non-hydrogen) atoms. The second-order valence-electron chi connectivity index (χ2n) is 8.66. The lowest BCUT2D eigenvalue weighted by atomic mass is 9.95. The van der Waals surface area contributed by atoms with Gasteiger partial charge in [-0.15, -0.1) is 10.2 Å². The van der Waals surface area contributed by atoms with Crippen LogP contribution in [0.1, 0.15) is 42.4 Å². The maximum absolute atomic E-state index is 13.0. The Balaban J connectivity index is 1.46. The average molecular weight is 418 g/mol. The van der Waals surface area contributed by atoms with E-state index in [2.05, 4.69) is 20.0 Å². The van der Waals surface area contributed by atoms with Crippen LogP contribution in [0.3, 0.4) is 0 Å². The highest BCUT2D eigenvalue weighted by atomic mass is 19.4. The number of aromatic hydroxyl groups is 1. The Bertz CT molecular complexity index is 954. The van der Waals surface area contributed by atoms with Crippen molar-refractivity contribution in [1.82, 2.24) is 15.1 Å². The number of rotatable bonds is 2. The lowest BCUT2D eigenvalue weighted by Crippen LogP contribution is -2.52. The van der Waals surface area contributed by atoms with Crippen LogP contribution < -0.4 is 4.90 Å². The van der Waals surface area contributed by atoms with E-state index in [1.165, 1.54) is 32.4 Å². The molecule has 0 spiro atoms. The van der Waals surface area contributed by atoms with Crippen molar-refractivity contribution < 1.29 is 18.3 Å². The first-order valence-corrected chi connectivity index (χ1v) is 10.6. The van der Waals surface area contributed by atoms with Crippen LogP contribution in [0.2, 0.25) is 0 Å². The number of benzene rings is 1. The summed E-state index contributed by atoms with van der Waals surface area (Å²) in [6, 6.07) is 4.72. The van der Waals surface area contributed by atoms with E-state index in [1.807, 2.05) is 6.07 Å². The predicted molar refractivity (Wildman–Crippen MR) is 108 cm³/mol. The molecular formula is C22H25F3N4O. The lowest BCUT2D eigenvalue weighted by molar-refractivity contribution is -0.137. The maximum Gasteiger partial charge on any atom is 0.416 e. The van der Waals surface area contributed by atoms with E-state index in [1.54, 1.807) is 6.92 Å². The Labute approximate surface area is 173 Å². The number of nitrogens with zero attached hydrogens (tertiary/aromatic N) is 4. The summed E-state index contributed by atoms with van der Waals surface area (Å²) in [6.45, 7) is 4.81. The zero-order chi connectivity index (χ0) is 21.0. The summed E-state index contributed by atoms with van der Waals surface area (Å²) >= 11 is 0. The highest BCUT2D eigenvalue weighted by Crippen LogP contribution is 2.41. The number of phenols is 1. The Morgan fingerprint density at radius 1 is 1.00 bits per heavy atom. The van der Waals surface area contributed by atoms with Crippen molar-refractivity contribution >= 4 is 5.82 Å². The molecule has 5 rings (SSSR count). The Hall–Kier alpha value is -2.35. The van der Waals surface area contributed by atoms with Gasteiger partial charge < -0.3 is 10.0 Å². The summed E-state index contributed by atoms with van der Waals surface area (Å²) in [5.41, 5.74) is 1.26. The molecule has 0 radical (unpaired) electrons. The molecule has 2 fully saturated rings. The third-order valence-corrected chi connectivity index (χ3v) is 6.85. The maximum atomic E-state index is 13.0. The van der Waals surface area contributed by atoms with Gasteiger partial charge in [-0.3, -0.25) is 4.90 Å². The molecular weight excluding hydrogens is 393 g/mol. The van der Waals surface area contributed by atoms with E-state index >= 15 is 0 Å². The van der Waals surface area contributed by atoms with Crippen molar-refractivity contribution in [2.45, 2.75) is 57.3 Å². The van der Waals surface area contributed by atoms with Crippen LogP contribution in [-0.4, -0.2) is 51.9 Å². The number of anilines is 1. The number of aromatic nitrogens is 2. The number of phenolic OH excluding ortho intramolecular Hbond substituents is 1. The van der Waals surface area contributed by atoms with Crippen LogP contribution in [0.15, 0.2) is 18.2 Å². The third kappa shape index (κ3) is 3.21. The first-order valence-electron chi connectivity index (χ1n) is 10.6. The monoisotopic (exact) mass is 418 g/mol. The summed E-state index contributed by atoms with van der Waals surface area (Å²) in [4.78, 5) is 4.98. The van der Waals surface area contributed by atoms with Gasteiger partial charge in [-0.1, -0.05) is 0 Å². The van der Waals surface area contributed by atoms with Gasteiger partial charge in [-0.2, -0.15) is 13.2 Å². The number of piperidine rings is 1. The van der Waals surface area contributed by atoms with E-state index < -0.39 is 17.5 Å². The number of hydrogen-bond donors (Lipinski definition) is 1. The average Bonchev–Trinajstić information content (AvgIpc) is 3.33. The highest BCUT2D eigenvalue weighted by Gasteiger charge is 2.40. The molecule has 160 valence electrons. The lowest BCUT2D eigenvalue weighted by Gasteiger charge is -2.42. The van der Waals surface area contributed by atoms with Crippen LogP contribution in [0, 0.1) is 6.92 Å². The zero-order valence-electron chi connectivity index (χ0n) is 16.9. The highest BCUT2D eigenvalue weighted by molar-refractivity contribution is 5.73. The van der Waals surface area contributed by atoms with Gasteiger partial charge in [-0.25, -0.2) is 0 Å². The van der Waals surface area contributed by atoms with Crippen LogP contribution in [0.25, 0.3) is 11.3 Å². The molecule has 4 heterocycles. The predicted octanol–water partition coefficient (Wildman–Crippen LogP) is 4.17. The van der Waals surface area contributed by atoms with Crippen molar-refractivity contribution in [2.24, 2.45) is 0 Å². The van der Waals surface area contributed by atoms with Gasteiger partial charge in [0.15, 0.2) is 5.82 Å². The van der Waals surface area contributed by atoms with Gasteiger partial charge in [-0.05, 0) is 75.9 Å². The smallest absolute Gasteiger partial charge is 0.416 e. The second kappa shape index (κ2) is 7.11. The molecule has 2 aromatic rings. The molecule has 0 unspecified atom stereocenters. The zero-order valence-corrected chi connectivity index (χ0v) is 16.9. The van der Waals surface area contributed by atoms with Gasteiger partial charge in [0.05, 0.1) is 11.3 Å². The van der Waals surface area contributed by atoms with Crippen LogP contribution in [-0.2, 0) is 12.6 Å². The fraction of sp³-hybridized carbons (Fsp3) is 0.545. The molecule has 3 aliphatic heterocycles. The topological polar surface area (TPSA) is 52.5 Å². The summed E-state index contributed by atoms with van der Waals surface area (Å²) < 4.78 is 39.1. The van der Waals surface area contributed by atoms with Crippen molar-refractivity contribution in [3.8, 4) is 17.0 Å². The largest absolute Gasteiger partial charge is 0.507 e. The minimum Gasteiger partial charge on any atom is -0.507 e. The van der Waals surface area contributed by atoms with Crippen molar-refractivity contribution in [3.63, 3.8) is 0 Å². The number of hydrogen-bond acceptors (Lipinski definition) is 5. The minimum absolute atomic E-state index is 0.316. The first kappa shape index (κ1) is 19.6. The van der Waals surface area contributed by atoms with Gasteiger partial charge in [0.25, 0.3) is 0 Å². The van der Waals surface area contributed by atoms with E-state index in [4.69, 9.17) is 0 Å². The van der Waals surface area contributed by atoms with E-state index in [0.29, 0.717) is 28.9 Å². The molecule has 0 saturated carbocycles. The number of halogens is 3. The van der Waals surface area contributed by atoms with Crippen LogP contribution >= 0.6 is 0 Å². The number of fused-ring (bicyclic) bond motifs is 2. The van der Waals surface area contributed by atoms with Gasteiger partial charge in [0.1, 0.15) is 5.75 Å². The van der Waals surface area contributed by atoms with Crippen molar-refractivity contribution in [1.29, 1.82) is 0 Å². The molecule has 0 bridgehead atoms. The molecule has 1 N–H and O–H groups in total. The summed E-state index contributed by atoms with van der Waals surface area (Å²) in [5.74, 6) is 0.474. The standard InChI is InChI=1S/C22H25F3N4O/c1-13-10-15(22(23,24)25)12-19(30)20(13)16-11-14-6-9-29(21(14)27-26-16)18-5-3-8-28-7-2-4-17(18)28/h10-12,17-18,30H,2-9H2,1H3/t17-,18+/m0/s1. The summed E-state index contributed by atoms with van der Waals surface area (Å²) in [5, 5.41) is 19.1. The van der Waals surface area contributed by atoms with E-state index in [9.17, 15) is 18.3 Å². The van der Waals surface area contributed by atoms with Crippen LogP contribution in [0.5, 0.6) is 5.75 Å². The Morgan fingerprint density at radius 3 is 2.43 bits per heavy atom. The molecule has 5 nitrogen and oxygen atoms in total. The first-order chi connectivity index (χ1) is 14.3. The van der Waals surface area contributed by atoms with Crippen molar-refractivity contribution in [3.05, 3.63) is 34.9 Å². The molecule has 2 atom stereocenters. The Morgan fingerprint density at radius 2 is 1.73 bits per heavy atom. The molecule has 0 amide bonds. The summed E-state index contributed by atoms with van der Waals surface area (Å²) in [6.07, 6.45) is 1.15. The SMILES string of the molecule is Cc1cc(C(F)(F)F)cc(O)c1-c1cc2c(nn1)N([C@@H]1CCCN3CCC[C@@H]13)CC2. The molecule has 0 aliphatic carbocycles. The summed E-state index contributed by atoms with van der Waals surface area (Å²) in [7, 11) is 0. The van der Waals surface area contributed by atoms with Crippen molar-refractivity contribution in [2.75, 3.05) is 24.5 Å². The number of aryl methyl sites for hydroxylation is 1. The molecule has 2 saturated heterocycles. The quantitative estimate of drug-likeness (QED) is 0.794. The second-order valence-corrected chi connectivity index (χ2v) is 8.66. The van der Waals surface area contributed by atoms with E-state index in [-0.39, 0.29) is 0 Å². The normalized spacial score (nSPS) is 24.2. The number of alkyl halides is 3. The van der Waals surface area contributed by atoms with Gasteiger partial charge >= 0.3 is 6.18 Å². The third-order valence-electron chi connectivity index (χ3n) is 6.85. The fourth-order valence-corrected chi connectivity index (χ4v) is 5.53.